The van der Waals surface area contributed by atoms with E-state index in [9.17, 15) is 9.90 Å². The van der Waals surface area contributed by atoms with Gasteiger partial charge in [0.05, 0.1) is 12.7 Å². The average molecular weight is 649 g/mol. The molecule has 9 heteroatoms. The molecular formula is C36H52N2O5Si2. The van der Waals surface area contributed by atoms with Crippen LogP contribution in [-0.4, -0.2) is 51.8 Å². The molecule has 1 saturated heterocycles. The highest BCUT2D eigenvalue weighted by Gasteiger charge is 2.58. The third-order valence-corrected chi connectivity index (χ3v) is 19.3. The molecule has 4 rings (SSSR count). The second kappa shape index (κ2) is 15.3. The van der Waals surface area contributed by atoms with E-state index in [0.29, 0.717) is 18.7 Å². The average Bonchev–Trinajstić information content (AvgIpc) is 3.01. The van der Waals surface area contributed by atoms with Crippen LogP contribution in [0, 0.1) is 0 Å². The van der Waals surface area contributed by atoms with Crippen molar-refractivity contribution in [2.24, 2.45) is 0 Å². The Morgan fingerprint density at radius 3 is 1.76 bits per heavy atom. The van der Waals surface area contributed by atoms with Crippen LogP contribution in [0.2, 0.25) is 22.2 Å². The summed E-state index contributed by atoms with van der Waals surface area (Å²) in [7, 11) is -5.70. The molecule has 2 aromatic carbocycles. The number of aliphatic hydroxyl groups is 1. The number of rotatable bonds is 12. The van der Waals surface area contributed by atoms with Gasteiger partial charge in [0, 0.05) is 31.3 Å². The zero-order valence-corrected chi connectivity index (χ0v) is 30.3. The van der Waals surface area contributed by atoms with Crippen molar-refractivity contribution in [1.29, 1.82) is 0 Å². The minimum absolute atomic E-state index is 0.0265. The lowest BCUT2D eigenvalue weighted by Gasteiger charge is -2.51. The van der Waals surface area contributed by atoms with E-state index in [4.69, 9.17) is 18.0 Å². The van der Waals surface area contributed by atoms with Gasteiger partial charge in [-0.1, -0.05) is 116 Å². The first-order valence-electron chi connectivity index (χ1n) is 16.4. The summed E-state index contributed by atoms with van der Waals surface area (Å²) in [5.41, 5.74) is 3.43. The summed E-state index contributed by atoms with van der Waals surface area (Å²) in [6.07, 6.45) is 0.00549. The Morgan fingerprint density at radius 1 is 0.800 bits per heavy atom. The summed E-state index contributed by atoms with van der Waals surface area (Å²) >= 11 is 0. The Morgan fingerprint density at radius 2 is 1.31 bits per heavy atom. The van der Waals surface area contributed by atoms with Gasteiger partial charge in [-0.05, 0) is 45.4 Å². The Balaban J connectivity index is 1.57. The molecule has 1 aromatic heterocycles. The van der Waals surface area contributed by atoms with Gasteiger partial charge in [-0.2, -0.15) is 0 Å². The van der Waals surface area contributed by atoms with Crippen LogP contribution in [0.3, 0.4) is 0 Å². The summed E-state index contributed by atoms with van der Waals surface area (Å²) in [4.78, 5) is 20.7. The van der Waals surface area contributed by atoms with Crippen LogP contribution >= 0.6 is 0 Å². The fourth-order valence-corrected chi connectivity index (χ4v) is 17.6. The molecule has 1 aliphatic heterocycles. The van der Waals surface area contributed by atoms with Gasteiger partial charge >= 0.3 is 17.1 Å². The van der Waals surface area contributed by atoms with E-state index in [-0.39, 0.29) is 41.0 Å². The van der Waals surface area contributed by atoms with E-state index in [0.717, 1.165) is 5.82 Å². The Hall–Kier alpha value is -2.67. The molecule has 1 aliphatic rings. The quantitative estimate of drug-likeness (QED) is 0.157. The van der Waals surface area contributed by atoms with Gasteiger partial charge in [0.15, 0.2) is 5.78 Å². The number of aliphatic hydroxyl groups excluding tert-OH is 1. The van der Waals surface area contributed by atoms with Crippen molar-refractivity contribution in [1.82, 2.24) is 4.98 Å². The lowest BCUT2D eigenvalue weighted by atomic mass is 10.0. The maximum Gasteiger partial charge on any atom is 0.335 e. The molecule has 3 aromatic rings. The Bertz CT molecular complexity index is 1300. The van der Waals surface area contributed by atoms with Gasteiger partial charge in [-0.3, -0.25) is 4.79 Å². The molecule has 1 fully saturated rings. The number of pyridine rings is 1. The normalized spacial score (nSPS) is 19.9. The summed E-state index contributed by atoms with van der Waals surface area (Å²) in [5, 5.41) is 11.4. The summed E-state index contributed by atoms with van der Waals surface area (Å²) in [6, 6.07) is 24.4. The number of aromatic nitrogens is 1. The number of benzene rings is 2. The zero-order valence-electron chi connectivity index (χ0n) is 28.3. The number of carbonyl (C=O) groups excluding carboxylic acids is 1. The number of hydrogen-bond donors (Lipinski definition) is 1. The molecule has 0 saturated carbocycles. The zero-order chi connectivity index (χ0) is 32.8. The van der Waals surface area contributed by atoms with Gasteiger partial charge < -0.3 is 23.0 Å². The molecule has 0 aliphatic carbocycles. The lowest BCUT2D eigenvalue weighted by molar-refractivity contribution is -0.0372. The van der Waals surface area contributed by atoms with E-state index >= 15 is 0 Å². The standard InChI is InChI=1S/C36H52N2O5Si2/c1-26(2)44(27(3)4)41-25-34(40)35(42-45(43-44,28(5)6)29(7)8)21-33(39)32-19-20-36(37-22-32)38(23-30-15-11-9-12-16-30)24-31-17-13-10-14-18-31/h9-20,22,26-29,34-35,40H,21,23-25H2,1-8H3/t34-,35+/m1/s1. The fraction of sp³-hybridized carbons (Fsp3) is 0.500. The summed E-state index contributed by atoms with van der Waals surface area (Å²) in [6.45, 7) is 18.6. The van der Waals surface area contributed by atoms with Crippen molar-refractivity contribution in [2.75, 3.05) is 11.5 Å². The topological polar surface area (TPSA) is 81.1 Å². The molecule has 1 N–H and O–H groups in total. The maximum atomic E-state index is 13.7. The second-order valence-electron chi connectivity index (χ2n) is 13.6. The number of Topliss-reactive ketones (excluding diaryl/α,β-unsaturated/α-hetero) is 1. The van der Waals surface area contributed by atoms with Crippen molar-refractivity contribution >= 4 is 28.7 Å². The Kier molecular flexibility index (Phi) is 12.0. The second-order valence-corrected chi connectivity index (χ2v) is 22.4. The van der Waals surface area contributed by atoms with Crippen LogP contribution < -0.4 is 4.90 Å². The Labute approximate surface area is 272 Å². The van der Waals surface area contributed by atoms with Gasteiger partial charge in [0.1, 0.15) is 11.9 Å². The molecule has 2 atom stereocenters. The highest BCUT2D eigenvalue weighted by atomic mass is 28.5. The van der Waals surface area contributed by atoms with Crippen LogP contribution in [0.5, 0.6) is 0 Å². The van der Waals surface area contributed by atoms with Crippen molar-refractivity contribution in [3.8, 4) is 0 Å². The number of anilines is 1. The first-order valence-corrected chi connectivity index (χ1v) is 20.3. The van der Waals surface area contributed by atoms with Crippen LogP contribution in [-0.2, 0) is 26.1 Å². The third-order valence-electron chi connectivity index (χ3n) is 9.00. The summed E-state index contributed by atoms with van der Waals surface area (Å²) < 4.78 is 20.8. The SMILES string of the molecule is CC(C)[Si]1(C(C)C)OC[C@@H](O)[C@H](CC(=O)c2ccc(N(Cc3ccccc3)Cc3ccccc3)nc2)O[Si](C(C)C)(C(C)C)O1. The molecule has 0 amide bonds. The highest BCUT2D eigenvalue weighted by molar-refractivity contribution is 6.84. The largest absolute Gasteiger partial charge is 0.414 e. The third kappa shape index (κ3) is 8.20. The van der Waals surface area contributed by atoms with E-state index in [2.05, 4.69) is 84.6 Å². The van der Waals surface area contributed by atoms with E-state index < -0.39 is 29.3 Å². The van der Waals surface area contributed by atoms with E-state index in [1.54, 1.807) is 6.20 Å². The van der Waals surface area contributed by atoms with E-state index in [1.807, 2.05) is 48.5 Å². The monoisotopic (exact) mass is 648 g/mol. The van der Waals surface area contributed by atoms with Crippen LogP contribution in [0.4, 0.5) is 5.82 Å². The number of ketones is 1. The molecule has 7 nitrogen and oxygen atoms in total. The van der Waals surface area contributed by atoms with Crippen molar-refractivity contribution in [3.05, 3.63) is 95.7 Å². The molecule has 2 heterocycles. The van der Waals surface area contributed by atoms with Gasteiger partial charge in [0.2, 0.25) is 0 Å². The smallest absolute Gasteiger partial charge is 0.335 e. The number of carbonyl (C=O) groups is 1. The van der Waals surface area contributed by atoms with Crippen LogP contribution in [0.15, 0.2) is 79.0 Å². The lowest BCUT2D eigenvalue weighted by Crippen LogP contribution is -2.65. The molecule has 244 valence electrons. The minimum Gasteiger partial charge on any atom is -0.414 e. The van der Waals surface area contributed by atoms with Gasteiger partial charge in [0.25, 0.3) is 0 Å². The number of hydrogen-bond acceptors (Lipinski definition) is 7. The molecular weight excluding hydrogens is 597 g/mol. The molecule has 0 spiro atoms. The van der Waals surface area contributed by atoms with Crippen LogP contribution in [0.1, 0.15) is 83.3 Å². The van der Waals surface area contributed by atoms with Crippen LogP contribution in [0.25, 0.3) is 0 Å². The van der Waals surface area contributed by atoms with E-state index in [1.165, 1.54) is 11.1 Å². The van der Waals surface area contributed by atoms with Crippen molar-refractivity contribution in [2.45, 2.75) is 109 Å². The van der Waals surface area contributed by atoms with Gasteiger partial charge in [-0.15, -0.1) is 0 Å². The minimum atomic E-state index is -2.95. The number of nitrogens with zero attached hydrogens (tertiary/aromatic N) is 2. The van der Waals surface area contributed by atoms with Crippen molar-refractivity contribution in [3.63, 3.8) is 0 Å². The predicted molar refractivity (Wildman–Crippen MR) is 186 cm³/mol. The molecule has 0 bridgehead atoms. The maximum absolute atomic E-state index is 13.7. The summed E-state index contributed by atoms with van der Waals surface area (Å²) in [5.74, 6) is 0.668. The molecule has 0 radical (unpaired) electrons. The van der Waals surface area contributed by atoms with Crippen molar-refractivity contribution < 1.29 is 22.9 Å². The first-order chi connectivity index (χ1) is 21.4. The predicted octanol–water partition coefficient (Wildman–Crippen LogP) is 8.18. The first kappa shape index (κ1) is 35.2. The molecule has 45 heavy (non-hydrogen) atoms. The van der Waals surface area contributed by atoms with Gasteiger partial charge in [-0.25, -0.2) is 4.98 Å². The molecule has 0 unspecified atom stereocenters. The highest BCUT2D eigenvalue weighted by Crippen LogP contribution is 2.46. The fourth-order valence-electron chi connectivity index (χ4n) is 6.39.